The minimum Gasteiger partial charge on any atom is -0.741 e. The number of aliphatic hydroxyl groups is 1. The van der Waals surface area contributed by atoms with Gasteiger partial charge >= 0.3 is 17.1 Å². The van der Waals surface area contributed by atoms with Gasteiger partial charge in [-0.1, -0.05) is 0 Å². The summed E-state index contributed by atoms with van der Waals surface area (Å²) < 4.78 is 0. The predicted octanol–water partition coefficient (Wildman–Crippen LogP) is 1.48. The average molecular weight is 404 g/mol. The summed E-state index contributed by atoms with van der Waals surface area (Å²) in [6, 6.07) is 0. The van der Waals surface area contributed by atoms with Crippen LogP contribution in [0.15, 0.2) is 20.2 Å². The van der Waals surface area contributed by atoms with Crippen molar-refractivity contribution in [2.45, 2.75) is 40.0 Å². The monoisotopic (exact) mass is 403 g/mol. The van der Waals surface area contributed by atoms with Gasteiger partial charge in [-0.15, -0.1) is 0 Å². The van der Waals surface area contributed by atoms with E-state index in [9.17, 15) is 5.11 Å². The van der Waals surface area contributed by atoms with Crippen molar-refractivity contribution in [1.82, 2.24) is 10.9 Å². The van der Waals surface area contributed by atoms with Crippen LogP contribution >= 0.6 is 0 Å². The Morgan fingerprint density at radius 3 is 2.46 bits per heavy atom. The van der Waals surface area contributed by atoms with E-state index in [1.54, 1.807) is 0 Å². The number of hydrogen-bond donors (Lipinski definition) is 3. The van der Waals surface area contributed by atoms with Crippen molar-refractivity contribution < 1.29 is 22.2 Å². The smallest absolute Gasteiger partial charge is 0.741 e. The Hall–Kier alpha value is -1.02. The molecule has 1 atom stereocenters. The number of hydrogen-bond acceptors (Lipinski definition) is 6. The summed E-state index contributed by atoms with van der Waals surface area (Å²) in [4.78, 5) is 8.30. The number of aliphatic imine (C=N–C) groups is 2. The van der Waals surface area contributed by atoms with Gasteiger partial charge in [-0.2, -0.15) is 10.2 Å². The standard InChI is InChI=1S/C14H26N6OS.CH3.Cu/c1-4-15-10(3)17-18-12-7-6-11(8-9-21)13(12)19-20-14(22)16-5-2;;/h11,21H,4-9H2,1-3H3,(H,15,17)(H2,16,20,22);1H3;/q;-1;+2/p-1/b18-12+,19-13+;;. The van der Waals surface area contributed by atoms with E-state index in [-0.39, 0.29) is 37.0 Å². The van der Waals surface area contributed by atoms with Crippen LogP contribution in [0.25, 0.3) is 0 Å². The zero-order chi connectivity index (χ0) is 16.4. The number of hydrazone groups is 2. The van der Waals surface area contributed by atoms with Crippen LogP contribution in [-0.2, 0) is 29.7 Å². The molecule has 0 saturated heterocycles. The molecule has 7 nitrogen and oxygen atoms in total. The Labute approximate surface area is 161 Å². The topological polar surface area (TPSA) is 93.7 Å². The van der Waals surface area contributed by atoms with E-state index < -0.39 is 0 Å². The van der Waals surface area contributed by atoms with Gasteiger partial charge in [0.05, 0.1) is 11.4 Å². The minimum atomic E-state index is 0. The molecule has 0 aliphatic heterocycles. The molecule has 1 fully saturated rings. The third-order valence-electron chi connectivity index (χ3n) is 3.21. The Morgan fingerprint density at radius 1 is 1.21 bits per heavy atom. The molecular weight excluding hydrogens is 376 g/mol. The van der Waals surface area contributed by atoms with E-state index in [0.29, 0.717) is 24.7 Å². The zero-order valence-electron chi connectivity index (χ0n) is 14.8. The molecule has 1 rings (SSSR count). The number of amidine groups is 2. The Kier molecular flexibility index (Phi) is 15.1. The fraction of sp³-hybridized carbons (Fsp3) is 0.667. The maximum atomic E-state index is 9.19. The predicted molar refractivity (Wildman–Crippen MR) is 101 cm³/mol. The van der Waals surface area contributed by atoms with Gasteiger partial charge in [0.25, 0.3) is 0 Å². The van der Waals surface area contributed by atoms with Crippen LogP contribution in [0, 0.1) is 13.3 Å². The molecule has 1 aliphatic carbocycles. The molecule has 1 radical (unpaired) electrons. The molecule has 0 bridgehead atoms. The summed E-state index contributed by atoms with van der Waals surface area (Å²) in [5.74, 6) is 0.954. The second-order valence-electron chi connectivity index (χ2n) is 4.87. The molecule has 3 N–H and O–H groups in total. The molecule has 0 aromatic rings. The fourth-order valence-electron chi connectivity index (χ4n) is 2.23. The van der Waals surface area contributed by atoms with Crippen molar-refractivity contribution >= 4 is 35.1 Å². The summed E-state index contributed by atoms with van der Waals surface area (Å²) in [5, 5.41) is 18.3. The van der Waals surface area contributed by atoms with Gasteiger partial charge in [0.15, 0.2) is 0 Å². The number of aliphatic hydroxyl groups excluding tert-OH is 1. The van der Waals surface area contributed by atoms with Crippen LogP contribution < -0.4 is 10.9 Å². The Bertz CT molecular complexity index is 479. The second-order valence-corrected chi connectivity index (χ2v) is 5.25. The Morgan fingerprint density at radius 2 is 1.88 bits per heavy atom. The molecule has 0 aromatic heterocycles. The first-order valence-electron chi connectivity index (χ1n) is 7.62. The average Bonchev–Trinajstić information content (AvgIpc) is 2.86. The molecule has 1 aliphatic rings. The van der Waals surface area contributed by atoms with Crippen LogP contribution in [0.1, 0.15) is 40.0 Å². The fourth-order valence-corrected chi connectivity index (χ4v) is 2.40. The van der Waals surface area contributed by atoms with Crippen LogP contribution in [0.2, 0.25) is 0 Å². The van der Waals surface area contributed by atoms with Gasteiger partial charge in [0.1, 0.15) is 5.84 Å². The summed E-state index contributed by atoms with van der Waals surface area (Å²) in [5.41, 5.74) is 7.43. The quantitative estimate of drug-likeness (QED) is 0.156. The number of rotatable bonds is 6. The summed E-state index contributed by atoms with van der Waals surface area (Å²) in [6.45, 7) is 7.22. The maximum Gasteiger partial charge on any atom is 2.00 e. The first-order chi connectivity index (χ1) is 10.6. The van der Waals surface area contributed by atoms with Gasteiger partial charge in [-0.3, -0.25) is 20.8 Å². The van der Waals surface area contributed by atoms with Crippen molar-refractivity contribution in [3.05, 3.63) is 7.43 Å². The Balaban J connectivity index is 0. The van der Waals surface area contributed by atoms with Gasteiger partial charge in [-0.05, 0) is 45.2 Å². The van der Waals surface area contributed by atoms with Gasteiger partial charge in [0, 0.05) is 25.6 Å². The largest absolute Gasteiger partial charge is 2.00 e. The molecule has 0 amide bonds. The molecule has 141 valence electrons. The van der Waals surface area contributed by atoms with Crippen LogP contribution in [0.4, 0.5) is 0 Å². The normalized spacial score (nSPS) is 21.4. The molecule has 1 unspecified atom stereocenters. The molecule has 9 heteroatoms. The van der Waals surface area contributed by atoms with Crippen molar-refractivity contribution in [3.63, 3.8) is 0 Å². The third kappa shape index (κ3) is 8.73. The van der Waals surface area contributed by atoms with E-state index in [4.69, 9.17) is 12.6 Å². The molecule has 0 aromatic carbocycles. The van der Waals surface area contributed by atoms with Gasteiger partial charge < -0.3 is 25.2 Å². The SMILES string of the molecule is CCN=C(C)N/N=C1\CCC(CCO)\C1=N/NC([S-])=NCC.[CH3-].[Cu+2]. The van der Waals surface area contributed by atoms with Crippen molar-refractivity contribution in [2.75, 3.05) is 19.7 Å². The molecular formula is C15H28CuN6OS. The second kappa shape index (κ2) is 14.3. The molecule has 24 heavy (non-hydrogen) atoms. The summed E-state index contributed by atoms with van der Waals surface area (Å²) in [7, 11) is 0. The zero-order valence-corrected chi connectivity index (χ0v) is 16.5. The van der Waals surface area contributed by atoms with E-state index >= 15 is 0 Å². The number of nitrogens with one attached hydrogen (secondary N) is 2. The van der Waals surface area contributed by atoms with Gasteiger partial charge in [0.2, 0.25) is 0 Å². The third-order valence-corrected chi connectivity index (χ3v) is 3.43. The van der Waals surface area contributed by atoms with Gasteiger partial charge in [-0.25, -0.2) is 0 Å². The van der Waals surface area contributed by atoms with E-state index in [2.05, 4.69) is 31.0 Å². The molecule has 1 saturated carbocycles. The van der Waals surface area contributed by atoms with Crippen molar-refractivity contribution in [3.8, 4) is 0 Å². The van der Waals surface area contributed by atoms with Crippen LogP contribution in [-0.4, -0.2) is 47.2 Å². The molecule has 0 heterocycles. The minimum absolute atomic E-state index is 0. The first kappa shape index (κ1) is 25.2. The van der Waals surface area contributed by atoms with Crippen LogP contribution in [0.5, 0.6) is 0 Å². The maximum absolute atomic E-state index is 9.19. The van der Waals surface area contributed by atoms with E-state index in [0.717, 1.165) is 30.1 Å². The molecule has 0 spiro atoms. The summed E-state index contributed by atoms with van der Waals surface area (Å²) in [6.07, 6.45) is 2.40. The summed E-state index contributed by atoms with van der Waals surface area (Å²) >= 11 is 5.06. The number of nitrogens with zero attached hydrogens (tertiary/aromatic N) is 4. The van der Waals surface area contributed by atoms with Crippen molar-refractivity contribution in [2.24, 2.45) is 26.1 Å². The van der Waals surface area contributed by atoms with E-state index in [1.165, 1.54) is 0 Å². The first-order valence-corrected chi connectivity index (χ1v) is 8.03. The van der Waals surface area contributed by atoms with E-state index in [1.807, 2.05) is 20.8 Å². The van der Waals surface area contributed by atoms with Crippen molar-refractivity contribution in [1.29, 1.82) is 0 Å². The van der Waals surface area contributed by atoms with Crippen LogP contribution in [0.3, 0.4) is 0 Å².